The van der Waals surface area contributed by atoms with Crippen LogP contribution in [0.5, 0.6) is 0 Å². The van der Waals surface area contributed by atoms with E-state index in [1.54, 1.807) is 0 Å². The summed E-state index contributed by atoms with van der Waals surface area (Å²) in [6.07, 6.45) is 1.42. The van der Waals surface area contributed by atoms with Gasteiger partial charge in [-0.25, -0.2) is 4.98 Å². The van der Waals surface area contributed by atoms with Crippen LogP contribution in [-0.2, 0) is 0 Å². The smallest absolute Gasteiger partial charge is 0.103 e. The van der Waals surface area contributed by atoms with Crippen molar-refractivity contribution < 1.29 is 4.11 Å². The molecule has 0 bridgehead atoms. The molecule has 1 heterocycles. The molecular weight excluding hydrogens is 156 g/mol. The van der Waals surface area contributed by atoms with Crippen molar-refractivity contribution >= 4 is 15.9 Å². The van der Waals surface area contributed by atoms with Crippen LogP contribution in [0.1, 0.15) is 9.94 Å². The zero-order valence-electron chi connectivity index (χ0n) is 6.40. The zero-order valence-corrected chi connectivity index (χ0v) is 4.99. The molecule has 38 valence electrons. The second-order valence-corrected chi connectivity index (χ2v) is 1.93. The minimum absolute atomic E-state index is 0.0133. The van der Waals surface area contributed by atoms with Gasteiger partial charge in [-0.2, -0.15) is 0 Å². The van der Waals surface area contributed by atoms with Crippen LogP contribution in [0.2, 0.25) is 0 Å². The van der Waals surface area contributed by atoms with E-state index in [0.717, 1.165) is 0 Å². The Morgan fingerprint density at radius 2 is 3.00 bits per heavy atom. The van der Waals surface area contributed by atoms with Crippen LogP contribution < -0.4 is 0 Å². The average molecular weight is 164 g/mol. The summed E-state index contributed by atoms with van der Waals surface area (Å²) in [6, 6.07) is 0. The first-order chi connectivity index (χ1) is 4.50. The molecule has 0 aliphatic heterocycles. The molecule has 0 saturated carbocycles. The summed E-state index contributed by atoms with van der Waals surface area (Å²) >= 11 is 3.06. The van der Waals surface area contributed by atoms with Gasteiger partial charge < -0.3 is 4.98 Å². The third-order valence-electron chi connectivity index (χ3n) is 0.545. The minimum atomic E-state index is -2.13. The SMILES string of the molecule is [2H]C([2H])([2H])c1ncc(Br)[nH]1. The van der Waals surface area contributed by atoms with E-state index in [-0.39, 0.29) is 5.82 Å². The van der Waals surface area contributed by atoms with Gasteiger partial charge in [0.1, 0.15) is 10.4 Å². The number of nitrogens with one attached hydrogen (secondary N) is 1. The molecule has 0 radical (unpaired) electrons. The van der Waals surface area contributed by atoms with Crippen molar-refractivity contribution in [3.05, 3.63) is 16.6 Å². The number of halogens is 1. The van der Waals surface area contributed by atoms with Gasteiger partial charge in [-0.05, 0) is 22.8 Å². The molecule has 3 heteroatoms. The van der Waals surface area contributed by atoms with Gasteiger partial charge in [0.05, 0.1) is 6.20 Å². The lowest BCUT2D eigenvalue weighted by Crippen LogP contribution is -1.67. The molecular formula is C4H5BrN2. The van der Waals surface area contributed by atoms with Crippen molar-refractivity contribution in [2.75, 3.05) is 0 Å². The van der Waals surface area contributed by atoms with Gasteiger partial charge in [-0.15, -0.1) is 0 Å². The van der Waals surface area contributed by atoms with Gasteiger partial charge in [0.15, 0.2) is 0 Å². The number of rotatable bonds is 0. The summed E-state index contributed by atoms with van der Waals surface area (Å²) in [4.78, 5) is 6.18. The number of aromatic nitrogens is 2. The first-order valence-electron chi connectivity index (χ1n) is 3.21. The highest BCUT2D eigenvalue weighted by atomic mass is 79.9. The highest BCUT2D eigenvalue weighted by molar-refractivity contribution is 9.10. The molecule has 0 aliphatic carbocycles. The molecule has 0 unspecified atom stereocenters. The van der Waals surface area contributed by atoms with Gasteiger partial charge in [-0.3, -0.25) is 0 Å². The predicted molar refractivity (Wildman–Crippen MR) is 31.0 cm³/mol. The normalized spacial score (nSPS) is 17.6. The number of imidazole rings is 1. The summed E-state index contributed by atoms with van der Waals surface area (Å²) in [6.45, 7) is -2.13. The number of hydrogen-bond donors (Lipinski definition) is 1. The van der Waals surface area contributed by atoms with Crippen molar-refractivity contribution in [2.24, 2.45) is 0 Å². The Kier molecular flexibility index (Phi) is 0.546. The lowest BCUT2D eigenvalue weighted by molar-refractivity contribution is 1.14. The van der Waals surface area contributed by atoms with E-state index in [9.17, 15) is 0 Å². The Morgan fingerprint density at radius 1 is 2.14 bits per heavy atom. The highest BCUT2D eigenvalue weighted by Crippen LogP contribution is 2.02. The van der Waals surface area contributed by atoms with E-state index in [1.165, 1.54) is 6.20 Å². The predicted octanol–water partition coefficient (Wildman–Crippen LogP) is 1.48. The van der Waals surface area contributed by atoms with Crippen molar-refractivity contribution in [2.45, 2.75) is 6.85 Å². The third kappa shape index (κ3) is 1.03. The molecule has 1 aromatic rings. The minimum Gasteiger partial charge on any atom is -0.337 e. The zero-order chi connectivity index (χ0) is 7.78. The van der Waals surface area contributed by atoms with E-state index in [2.05, 4.69) is 25.9 Å². The molecule has 1 N–H and O–H groups in total. The Labute approximate surface area is 54.3 Å². The Balaban J connectivity index is 2.96. The number of H-pyrrole nitrogens is 1. The molecule has 2 nitrogen and oxygen atoms in total. The Morgan fingerprint density at radius 3 is 3.29 bits per heavy atom. The van der Waals surface area contributed by atoms with Crippen LogP contribution in [0, 0.1) is 6.85 Å². The van der Waals surface area contributed by atoms with Crippen molar-refractivity contribution in [3.63, 3.8) is 0 Å². The van der Waals surface area contributed by atoms with Crippen LogP contribution in [0.15, 0.2) is 10.8 Å². The topological polar surface area (TPSA) is 28.7 Å². The average Bonchev–Trinajstić information content (AvgIpc) is 2.11. The van der Waals surface area contributed by atoms with Gasteiger partial charge >= 0.3 is 0 Å². The van der Waals surface area contributed by atoms with E-state index >= 15 is 0 Å². The number of aryl methyl sites for hydroxylation is 1. The fourth-order valence-corrected chi connectivity index (χ4v) is 0.589. The van der Waals surface area contributed by atoms with Crippen molar-refractivity contribution in [3.8, 4) is 0 Å². The molecule has 0 aromatic carbocycles. The maximum atomic E-state index is 6.90. The number of aromatic amines is 1. The second-order valence-electron chi connectivity index (χ2n) is 1.08. The summed E-state index contributed by atoms with van der Waals surface area (Å²) in [5, 5.41) is 0. The summed E-state index contributed by atoms with van der Waals surface area (Å²) in [5.41, 5.74) is 0. The van der Waals surface area contributed by atoms with Gasteiger partial charge in [0.25, 0.3) is 0 Å². The molecule has 7 heavy (non-hydrogen) atoms. The Hall–Kier alpha value is -0.310. The van der Waals surface area contributed by atoms with Crippen molar-refractivity contribution in [1.29, 1.82) is 0 Å². The quantitative estimate of drug-likeness (QED) is 0.618. The van der Waals surface area contributed by atoms with E-state index in [1.807, 2.05) is 0 Å². The molecule has 0 saturated heterocycles. The van der Waals surface area contributed by atoms with Gasteiger partial charge in [0, 0.05) is 4.11 Å². The number of nitrogens with zero attached hydrogens (tertiary/aromatic N) is 1. The summed E-state index contributed by atoms with van der Waals surface area (Å²) < 4.78 is 21.3. The lowest BCUT2D eigenvalue weighted by atomic mass is 10.8. The van der Waals surface area contributed by atoms with Gasteiger partial charge in [-0.1, -0.05) is 0 Å². The van der Waals surface area contributed by atoms with Crippen molar-refractivity contribution in [1.82, 2.24) is 9.97 Å². The maximum Gasteiger partial charge on any atom is 0.103 e. The summed E-state index contributed by atoms with van der Waals surface area (Å²) in [7, 11) is 0. The monoisotopic (exact) mass is 163 g/mol. The van der Waals surface area contributed by atoms with Crippen LogP contribution in [-0.4, -0.2) is 9.97 Å². The van der Waals surface area contributed by atoms with E-state index < -0.39 is 6.85 Å². The molecule has 1 rings (SSSR count). The molecule has 0 aliphatic rings. The van der Waals surface area contributed by atoms with Crippen LogP contribution in [0.25, 0.3) is 0 Å². The lowest BCUT2D eigenvalue weighted by Gasteiger charge is -1.72. The number of hydrogen-bond acceptors (Lipinski definition) is 1. The standard InChI is InChI=1S/C4H5BrN2/c1-3-6-2-4(5)7-3/h2H,1H3,(H,6,7)/i1D3. The first-order valence-corrected chi connectivity index (χ1v) is 2.50. The van der Waals surface area contributed by atoms with Crippen LogP contribution in [0.4, 0.5) is 0 Å². The van der Waals surface area contributed by atoms with Crippen LogP contribution >= 0.6 is 15.9 Å². The van der Waals surface area contributed by atoms with E-state index in [4.69, 9.17) is 4.11 Å². The molecule has 0 spiro atoms. The fraction of sp³-hybridized carbons (Fsp3) is 0.250. The molecule has 1 aromatic heterocycles. The van der Waals surface area contributed by atoms with E-state index in [0.29, 0.717) is 4.60 Å². The second kappa shape index (κ2) is 1.66. The fourth-order valence-electron chi connectivity index (χ4n) is 0.299. The largest absolute Gasteiger partial charge is 0.337 e. The third-order valence-corrected chi connectivity index (χ3v) is 0.948. The molecule has 0 amide bonds. The summed E-state index contributed by atoms with van der Waals surface area (Å²) in [5.74, 6) is 0.0133. The molecule has 0 fully saturated rings. The maximum absolute atomic E-state index is 6.90. The van der Waals surface area contributed by atoms with Crippen LogP contribution in [0.3, 0.4) is 0 Å². The molecule has 0 atom stereocenters. The first kappa shape index (κ1) is 2.31. The highest BCUT2D eigenvalue weighted by Gasteiger charge is 1.85. The van der Waals surface area contributed by atoms with Gasteiger partial charge in [0.2, 0.25) is 0 Å². The Bertz CT molecular complexity index is 229.